The van der Waals surface area contributed by atoms with Crippen molar-refractivity contribution in [1.82, 2.24) is 5.32 Å². The first-order valence-corrected chi connectivity index (χ1v) is 9.41. The van der Waals surface area contributed by atoms with Gasteiger partial charge in [0.05, 0.1) is 5.69 Å². The SMILES string of the molecule is O=C1Nc2ccccc2C(O)(C(=O)NCCc2ccccc2)N1c1ccccc1. The lowest BCUT2D eigenvalue weighted by Gasteiger charge is -2.42. The molecule has 1 atom stereocenters. The van der Waals surface area contributed by atoms with E-state index in [1.54, 1.807) is 54.6 Å². The lowest BCUT2D eigenvalue weighted by molar-refractivity contribution is -0.140. The highest BCUT2D eigenvalue weighted by Gasteiger charge is 2.51. The molecule has 0 saturated carbocycles. The zero-order valence-electron chi connectivity index (χ0n) is 15.7. The highest BCUT2D eigenvalue weighted by molar-refractivity contribution is 6.11. The minimum atomic E-state index is -2.17. The Hall–Kier alpha value is -3.64. The van der Waals surface area contributed by atoms with Gasteiger partial charge in [-0.1, -0.05) is 66.7 Å². The summed E-state index contributed by atoms with van der Waals surface area (Å²) in [5.41, 5.74) is 0.0458. The van der Waals surface area contributed by atoms with Gasteiger partial charge < -0.3 is 15.7 Å². The molecule has 1 unspecified atom stereocenters. The van der Waals surface area contributed by atoms with Crippen LogP contribution in [0.1, 0.15) is 11.1 Å². The Balaban J connectivity index is 1.67. The van der Waals surface area contributed by atoms with E-state index in [4.69, 9.17) is 0 Å². The lowest BCUT2D eigenvalue weighted by Crippen LogP contribution is -2.62. The summed E-state index contributed by atoms with van der Waals surface area (Å²) in [5.74, 6) is -0.653. The molecule has 6 heteroatoms. The number of rotatable bonds is 5. The molecule has 3 amide bonds. The normalized spacial score (nSPS) is 18.0. The first kappa shape index (κ1) is 18.7. The van der Waals surface area contributed by atoms with Gasteiger partial charge in [0.1, 0.15) is 0 Å². The Morgan fingerprint density at radius 1 is 0.931 bits per heavy atom. The minimum absolute atomic E-state index is 0.320. The van der Waals surface area contributed by atoms with Gasteiger partial charge in [-0.3, -0.25) is 9.69 Å². The Labute approximate surface area is 168 Å². The number of hydrogen-bond donors (Lipinski definition) is 3. The van der Waals surface area contributed by atoms with Gasteiger partial charge in [-0.05, 0) is 30.2 Å². The summed E-state index contributed by atoms with van der Waals surface area (Å²) in [4.78, 5) is 27.2. The van der Waals surface area contributed by atoms with Crippen LogP contribution in [0.4, 0.5) is 16.2 Å². The van der Waals surface area contributed by atoms with Gasteiger partial charge in [-0.2, -0.15) is 0 Å². The molecule has 0 fully saturated rings. The third kappa shape index (κ3) is 3.46. The molecular weight excluding hydrogens is 366 g/mol. The maximum absolute atomic E-state index is 13.2. The number of nitrogens with one attached hydrogen (secondary N) is 2. The van der Waals surface area contributed by atoms with Crippen LogP contribution < -0.4 is 15.5 Å². The van der Waals surface area contributed by atoms with Crippen LogP contribution in [0, 0.1) is 0 Å². The number of benzene rings is 3. The van der Waals surface area contributed by atoms with Gasteiger partial charge in [-0.15, -0.1) is 0 Å². The summed E-state index contributed by atoms with van der Waals surface area (Å²) < 4.78 is 0. The Morgan fingerprint density at radius 2 is 1.55 bits per heavy atom. The fourth-order valence-corrected chi connectivity index (χ4v) is 3.53. The second-order valence-electron chi connectivity index (χ2n) is 6.81. The van der Waals surface area contributed by atoms with Gasteiger partial charge in [0, 0.05) is 17.8 Å². The molecule has 0 radical (unpaired) electrons. The zero-order valence-corrected chi connectivity index (χ0v) is 15.7. The van der Waals surface area contributed by atoms with Crippen LogP contribution in [0.2, 0.25) is 0 Å². The number of carbonyl (C=O) groups excluding carboxylic acids is 2. The van der Waals surface area contributed by atoms with Crippen molar-refractivity contribution in [3.63, 3.8) is 0 Å². The Kier molecular flexibility index (Phi) is 5.01. The molecular formula is C23H21N3O3. The molecule has 0 aromatic heterocycles. The number of amides is 3. The van der Waals surface area contributed by atoms with Crippen LogP contribution in [-0.2, 0) is 16.9 Å². The number of nitrogens with zero attached hydrogens (tertiary/aromatic N) is 1. The zero-order chi connectivity index (χ0) is 20.3. The lowest BCUT2D eigenvalue weighted by atomic mass is 9.94. The molecule has 29 heavy (non-hydrogen) atoms. The van der Waals surface area contributed by atoms with E-state index in [-0.39, 0.29) is 0 Å². The topological polar surface area (TPSA) is 81.7 Å². The summed E-state index contributed by atoms with van der Waals surface area (Å²) in [6.07, 6.45) is 0.613. The summed E-state index contributed by atoms with van der Waals surface area (Å²) in [6.45, 7) is 0.331. The highest BCUT2D eigenvalue weighted by Crippen LogP contribution is 2.39. The van der Waals surface area contributed by atoms with Crippen LogP contribution >= 0.6 is 0 Å². The van der Waals surface area contributed by atoms with Gasteiger partial charge in [0.15, 0.2) is 0 Å². The van der Waals surface area contributed by atoms with Crippen molar-refractivity contribution in [3.8, 4) is 0 Å². The third-order valence-corrected chi connectivity index (χ3v) is 4.94. The molecule has 3 N–H and O–H groups in total. The first-order valence-electron chi connectivity index (χ1n) is 9.41. The molecule has 0 bridgehead atoms. The molecule has 4 rings (SSSR count). The average molecular weight is 387 g/mol. The standard InChI is InChI=1S/C23H21N3O3/c27-21(24-16-15-17-9-3-1-4-10-17)23(29)19-13-7-8-14-20(19)25-22(28)26(23)18-11-5-2-6-12-18/h1-14,29H,15-16H2,(H,24,27)(H,25,28). The number of para-hydroxylation sites is 2. The summed E-state index contributed by atoms with van der Waals surface area (Å²) in [6, 6.07) is 24.6. The number of carbonyl (C=O) groups is 2. The molecule has 146 valence electrons. The molecule has 3 aromatic carbocycles. The van der Waals surface area contributed by atoms with Gasteiger partial charge >= 0.3 is 6.03 Å². The van der Waals surface area contributed by atoms with Crippen molar-refractivity contribution in [1.29, 1.82) is 0 Å². The van der Waals surface area contributed by atoms with Gasteiger partial charge in [0.25, 0.3) is 11.6 Å². The van der Waals surface area contributed by atoms with Crippen LogP contribution in [-0.4, -0.2) is 23.6 Å². The van der Waals surface area contributed by atoms with Gasteiger partial charge in [-0.25, -0.2) is 4.79 Å². The number of fused-ring (bicyclic) bond motifs is 1. The van der Waals surface area contributed by atoms with E-state index in [0.717, 1.165) is 10.5 Å². The molecule has 0 saturated heterocycles. The number of urea groups is 1. The number of hydrogen-bond acceptors (Lipinski definition) is 3. The monoisotopic (exact) mass is 387 g/mol. The molecule has 0 spiro atoms. The summed E-state index contributed by atoms with van der Waals surface area (Å²) in [7, 11) is 0. The van der Waals surface area contributed by atoms with Crippen molar-refractivity contribution in [2.45, 2.75) is 12.1 Å². The van der Waals surface area contributed by atoms with Crippen molar-refractivity contribution in [2.75, 3.05) is 16.8 Å². The van der Waals surface area contributed by atoms with Crippen LogP contribution in [0.5, 0.6) is 0 Å². The molecule has 3 aromatic rings. The predicted octanol–water partition coefficient (Wildman–Crippen LogP) is 3.24. The minimum Gasteiger partial charge on any atom is -0.359 e. The van der Waals surface area contributed by atoms with Crippen LogP contribution in [0.15, 0.2) is 84.9 Å². The fourth-order valence-electron chi connectivity index (χ4n) is 3.53. The smallest absolute Gasteiger partial charge is 0.329 e. The van der Waals surface area contributed by atoms with E-state index >= 15 is 0 Å². The summed E-state index contributed by atoms with van der Waals surface area (Å²) >= 11 is 0. The quantitative estimate of drug-likeness (QED) is 0.629. The summed E-state index contributed by atoms with van der Waals surface area (Å²) in [5, 5.41) is 17.2. The first-order chi connectivity index (χ1) is 14.1. The number of aliphatic hydroxyl groups is 1. The molecule has 6 nitrogen and oxygen atoms in total. The maximum Gasteiger partial charge on any atom is 0.329 e. The number of anilines is 2. The van der Waals surface area contributed by atoms with E-state index < -0.39 is 17.7 Å². The van der Waals surface area contributed by atoms with Crippen molar-refractivity contribution in [3.05, 3.63) is 96.1 Å². The fraction of sp³-hybridized carbons (Fsp3) is 0.130. The van der Waals surface area contributed by atoms with Crippen molar-refractivity contribution < 1.29 is 14.7 Å². The second-order valence-corrected chi connectivity index (χ2v) is 6.81. The van der Waals surface area contributed by atoms with Crippen molar-refractivity contribution >= 4 is 23.3 Å². The van der Waals surface area contributed by atoms with Crippen molar-refractivity contribution in [2.24, 2.45) is 0 Å². The maximum atomic E-state index is 13.2. The largest absolute Gasteiger partial charge is 0.359 e. The van der Waals surface area contributed by atoms with E-state index in [1.807, 2.05) is 30.3 Å². The van der Waals surface area contributed by atoms with E-state index in [2.05, 4.69) is 10.6 Å². The third-order valence-electron chi connectivity index (χ3n) is 4.94. The molecule has 1 heterocycles. The van der Waals surface area contributed by atoms with E-state index in [1.165, 1.54) is 0 Å². The molecule has 1 aliphatic rings. The van der Waals surface area contributed by atoms with E-state index in [9.17, 15) is 14.7 Å². The highest BCUT2D eigenvalue weighted by atomic mass is 16.3. The molecule has 0 aliphatic carbocycles. The average Bonchev–Trinajstić information content (AvgIpc) is 2.75. The molecule has 1 aliphatic heterocycles. The van der Waals surface area contributed by atoms with Crippen LogP contribution in [0.3, 0.4) is 0 Å². The second kappa shape index (κ2) is 7.77. The Morgan fingerprint density at radius 3 is 2.28 bits per heavy atom. The predicted molar refractivity (Wildman–Crippen MR) is 111 cm³/mol. The Bertz CT molecular complexity index is 1020. The van der Waals surface area contributed by atoms with Crippen LogP contribution in [0.25, 0.3) is 0 Å². The van der Waals surface area contributed by atoms with Gasteiger partial charge in [0.2, 0.25) is 0 Å². The van der Waals surface area contributed by atoms with E-state index in [0.29, 0.717) is 29.9 Å².